The molecule has 0 aromatic heterocycles. The van der Waals surface area contributed by atoms with E-state index in [1.54, 1.807) is 0 Å². The third-order valence-electron chi connectivity index (χ3n) is 12.0. The molecule has 0 heteroatoms. The molecule has 0 radical (unpaired) electrons. The van der Waals surface area contributed by atoms with Crippen LogP contribution in [0.5, 0.6) is 0 Å². The summed E-state index contributed by atoms with van der Waals surface area (Å²) in [6.07, 6.45) is 0. The van der Waals surface area contributed by atoms with Gasteiger partial charge >= 0.3 is 0 Å². The Kier molecular flexibility index (Phi) is 6.15. The van der Waals surface area contributed by atoms with Crippen molar-refractivity contribution in [3.05, 3.63) is 194 Å². The van der Waals surface area contributed by atoms with Crippen LogP contribution in [0.1, 0.15) is 0 Å². The average molecular weight is 681 g/mol. The molecule has 0 atom stereocenters. The summed E-state index contributed by atoms with van der Waals surface area (Å²) in [7, 11) is 0. The van der Waals surface area contributed by atoms with Crippen LogP contribution in [0.2, 0.25) is 0 Å². The van der Waals surface area contributed by atoms with Gasteiger partial charge in [-0.25, -0.2) is 0 Å². The normalized spacial score (nSPS) is 12.1. The van der Waals surface area contributed by atoms with Gasteiger partial charge in [-0.15, -0.1) is 0 Å². The molecule has 0 heterocycles. The lowest BCUT2D eigenvalue weighted by atomic mass is 9.84. The van der Waals surface area contributed by atoms with Crippen molar-refractivity contribution in [3.8, 4) is 44.5 Å². The molecule has 0 nitrogen and oxygen atoms in total. The lowest BCUT2D eigenvalue weighted by Gasteiger charge is -2.20. The molecule has 0 fully saturated rings. The Morgan fingerprint density at radius 2 is 0.574 bits per heavy atom. The fourth-order valence-electron chi connectivity index (χ4n) is 9.45. The highest BCUT2D eigenvalue weighted by Gasteiger charge is 2.19. The summed E-state index contributed by atoms with van der Waals surface area (Å²) in [4.78, 5) is 0. The van der Waals surface area contributed by atoms with Crippen LogP contribution >= 0.6 is 0 Å². The van der Waals surface area contributed by atoms with E-state index >= 15 is 0 Å². The number of fused-ring (bicyclic) bond motifs is 1. The molecule has 248 valence electrons. The first-order valence-corrected chi connectivity index (χ1v) is 18.8. The van der Waals surface area contributed by atoms with Crippen molar-refractivity contribution in [2.45, 2.75) is 0 Å². The molecule has 0 bridgehead atoms. The quantitative estimate of drug-likeness (QED) is 0.162. The van der Waals surface area contributed by atoms with E-state index in [2.05, 4.69) is 194 Å². The van der Waals surface area contributed by atoms with Gasteiger partial charge in [-0.3, -0.25) is 0 Å². The van der Waals surface area contributed by atoms with E-state index in [1.807, 2.05) is 0 Å². The minimum atomic E-state index is 1.22. The number of hydrogen-bond acceptors (Lipinski definition) is 0. The monoisotopic (exact) mass is 680 g/mol. The smallest absolute Gasteiger partial charge is 0.00206 e. The average Bonchev–Trinajstić information content (AvgIpc) is 3.24. The molecule has 0 saturated heterocycles. The van der Waals surface area contributed by atoms with Crippen LogP contribution < -0.4 is 0 Å². The van der Waals surface area contributed by atoms with Gasteiger partial charge in [-0.1, -0.05) is 182 Å². The lowest BCUT2D eigenvalue weighted by Crippen LogP contribution is -1.93. The maximum Gasteiger partial charge on any atom is -0.00206 e. The highest BCUT2D eigenvalue weighted by atomic mass is 14.2. The zero-order valence-electron chi connectivity index (χ0n) is 29.5. The van der Waals surface area contributed by atoms with Crippen molar-refractivity contribution in [3.63, 3.8) is 0 Å². The van der Waals surface area contributed by atoms with Gasteiger partial charge in [0, 0.05) is 0 Å². The third kappa shape index (κ3) is 4.26. The highest BCUT2D eigenvalue weighted by Crippen LogP contribution is 2.46. The summed E-state index contributed by atoms with van der Waals surface area (Å²) in [5.74, 6) is 0. The summed E-state index contributed by atoms with van der Waals surface area (Å²) in [6.45, 7) is 0. The molecule has 12 aromatic carbocycles. The zero-order valence-corrected chi connectivity index (χ0v) is 29.5. The molecule has 0 N–H and O–H groups in total. The topological polar surface area (TPSA) is 0 Å². The van der Waals surface area contributed by atoms with Crippen molar-refractivity contribution in [2.24, 2.45) is 0 Å². The van der Waals surface area contributed by atoms with Gasteiger partial charge in [0.25, 0.3) is 0 Å². The molecule has 12 aromatic rings. The Bertz CT molecular complexity index is 3410. The van der Waals surface area contributed by atoms with E-state index in [0.29, 0.717) is 0 Å². The second-order valence-corrected chi connectivity index (χ2v) is 14.8. The maximum atomic E-state index is 2.44. The molecule has 0 amide bonds. The number of hydrogen-bond donors (Lipinski definition) is 0. The fraction of sp³-hybridized carbons (Fsp3) is 0. The Morgan fingerprint density at radius 3 is 1.22 bits per heavy atom. The molecule has 54 heavy (non-hydrogen) atoms. The number of rotatable bonds is 4. The molecule has 0 unspecified atom stereocenters. The van der Waals surface area contributed by atoms with E-state index in [9.17, 15) is 0 Å². The van der Waals surface area contributed by atoms with Gasteiger partial charge in [-0.2, -0.15) is 0 Å². The van der Waals surface area contributed by atoms with Crippen LogP contribution in [0.3, 0.4) is 0 Å². The van der Waals surface area contributed by atoms with E-state index in [4.69, 9.17) is 0 Å². The second-order valence-electron chi connectivity index (χ2n) is 14.8. The van der Waals surface area contributed by atoms with Crippen LogP contribution in [0, 0.1) is 0 Å². The van der Waals surface area contributed by atoms with Crippen LogP contribution in [0.4, 0.5) is 0 Å². The molecular weight excluding hydrogens is 649 g/mol. The SMILES string of the molecule is c1ccc(-c2ccc3ccc4cccc5ccc2c3c45)c(-c2ccc(-c3ccc4ccc5cccc6ccc3c4c56)cc2-c2ccc3ccccc3c2)c1. The van der Waals surface area contributed by atoms with Gasteiger partial charge in [0.1, 0.15) is 0 Å². The summed E-state index contributed by atoms with van der Waals surface area (Å²) < 4.78 is 0. The molecule has 0 spiro atoms. The molecule has 12 rings (SSSR count). The summed E-state index contributed by atoms with van der Waals surface area (Å²) >= 11 is 0. The zero-order chi connectivity index (χ0) is 35.3. The largest absolute Gasteiger partial charge is 0.0616 e. The molecule has 0 aliphatic rings. The maximum absolute atomic E-state index is 2.44. The van der Waals surface area contributed by atoms with E-state index in [1.165, 1.54) is 120 Å². The van der Waals surface area contributed by atoms with Crippen molar-refractivity contribution >= 4 is 75.4 Å². The van der Waals surface area contributed by atoms with Gasteiger partial charge in [0.05, 0.1) is 0 Å². The molecule has 0 saturated carbocycles. The first kappa shape index (κ1) is 29.5. The Morgan fingerprint density at radius 1 is 0.185 bits per heavy atom. The van der Waals surface area contributed by atoms with Gasteiger partial charge in [0.2, 0.25) is 0 Å². The van der Waals surface area contributed by atoms with E-state index in [-0.39, 0.29) is 0 Å². The van der Waals surface area contributed by atoms with Crippen molar-refractivity contribution < 1.29 is 0 Å². The van der Waals surface area contributed by atoms with E-state index < -0.39 is 0 Å². The number of benzene rings is 12. The fourth-order valence-corrected chi connectivity index (χ4v) is 9.45. The van der Waals surface area contributed by atoms with Gasteiger partial charge < -0.3 is 0 Å². The first-order valence-electron chi connectivity index (χ1n) is 18.8. The molecular formula is C54H32. The van der Waals surface area contributed by atoms with Crippen molar-refractivity contribution in [1.82, 2.24) is 0 Å². The predicted octanol–water partition coefficient (Wildman–Crippen LogP) is 15.3. The third-order valence-corrected chi connectivity index (χ3v) is 12.0. The summed E-state index contributed by atoms with van der Waals surface area (Å²) in [6, 6.07) is 72.6. The molecule has 0 aliphatic carbocycles. The van der Waals surface area contributed by atoms with Crippen LogP contribution in [0.15, 0.2) is 194 Å². The summed E-state index contributed by atoms with van der Waals surface area (Å²) in [5, 5.41) is 18.2. The minimum absolute atomic E-state index is 1.22. The second kappa shape index (κ2) is 11.2. The van der Waals surface area contributed by atoms with Crippen molar-refractivity contribution in [1.29, 1.82) is 0 Å². The van der Waals surface area contributed by atoms with Crippen LogP contribution in [-0.2, 0) is 0 Å². The Labute approximate surface area is 312 Å². The van der Waals surface area contributed by atoms with Gasteiger partial charge in [0.15, 0.2) is 0 Å². The highest BCUT2D eigenvalue weighted by molar-refractivity contribution is 6.27. The predicted molar refractivity (Wildman–Crippen MR) is 233 cm³/mol. The van der Waals surface area contributed by atoms with Crippen molar-refractivity contribution in [2.75, 3.05) is 0 Å². The lowest BCUT2D eigenvalue weighted by molar-refractivity contribution is 1.57. The molecule has 0 aliphatic heterocycles. The minimum Gasteiger partial charge on any atom is -0.0616 e. The van der Waals surface area contributed by atoms with Crippen LogP contribution in [-0.4, -0.2) is 0 Å². The standard InChI is InChI=1S/C54H32/c1-2-8-40-31-41(20-15-33(40)7-1)50-32-42(43-26-21-38-18-16-34-9-5-11-36-23-29-48(43)53(38)51(34)36)25-28-47(50)45-14-4-3-13-44(45)46-27-22-39-19-17-35-10-6-12-37-24-30-49(46)54(39)52(35)37/h1-32H. The van der Waals surface area contributed by atoms with E-state index in [0.717, 1.165) is 0 Å². The first-order chi connectivity index (χ1) is 26.8. The summed E-state index contributed by atoms with van der Waals surface area (Å²) in [5.41, 5.74) is 9.90. The van der Waals surface area contributed by atoms with Crippen LogP contribution in [0.25, 0.3) is 120 Å². The Hall–Kier alpha value is -7.02. The Balaban J connectivity index is 1.12. The van der Waals surface area contributed by atoms with Gasteiger partial charge in [-0.05, 0) is 132 Å².